The van der Waals surface area contributed by atoms with Crippen LogP contribution in [0.4, 0.5) is 17.1 Å². The Morgan fingerprint density at radius 1 is 0.448 bits per heavy atom. The maximum atomic E-state index is 6.93. The van der Waals surface area contributed by atoms with Gasteiger partial charge in [0.05, 0.1) is 22.4 Å². The van der Waals surface area contributed by atoms with Crippen LogP contribution in [-0.4, -0.2) is 4.57 Å². The highest BCUT2D eigenvalue weighted by Gasteiger charge is 2.25. The molecule has 0 aliphatic carbocycles. The van der Waals surface area contributed by atoms with E-state index in [-0.39, 0.29) is 0 Å². The van der Waals surface area contributed by atoms with Crippen molar-refractivity contribution in [3.63, 3.8) is 0 Å². The Labute approximate surface area is 337 Å². The topological polar surface area (TPSA) is 21.3 Å². The van der Waals surface area contributed by atoms with Crippen LogP contribution in [0, 0.1) is 0 Å². The van der Waals surface area contributed by atoms with Gasteiger partial charge in [0.15, 0.2) is 5.58 Å². The fourth-order valence-electron chi connectivity index (χ4n) is 9.00. The highest BCUT2D eigenvalue weighted by Crippen LogP contribution is 2.48. The second-order valence-electron chi connectivity index (χ2n) is 15.5. The van der Waals surface area contributed by atoms with Gasteiger partial charge in [-0.15, -0.1) is 0 Å². The fraction of sp³-hybridized carbons (Fsp3) is 0.0545. The highest BCUT2D eigenvalue weighted by atomic mass is 16.3. The summed E-state index contributed by atoms with van der Waals surface area (Å²) in [6.07, 6.45) is 0. The summed E-state index contributed by atoms with van der Waals surface area (Å²) < 4.78 is 9.34. The van der Waals surface area contributed by atoms with Gasteiger partial charge in [0.2, 0.25) is 0 Å². The zero-order valence-electron chi connectivity index (χ0n) is 32.4. The molecule has 0 saturated carbocycles. The maximum absolute atomic E-state index is 6.93. The minimum atomic E-state index is 0.463. The smallest absolute Gasteiger partial charge is 0.159 e. The van der Waals surface area contributed by atoms with E-state index in [0.717, 1.165) is 55.8 Å². The fourth-order valence-corrected chi connectivity index (χ4v) is 9.00. The van der Waals surface area contributed by atoms with Gasteiger partial charge in [-0.3, -0.25) is 0 Å². The van der Waals surface area contributed by atoms with E-state index in [4.69, 9.17) is 4.42 Å². The van der Waals surface area contributed by atoms with Gasteiger partial charge in [0, 0.05) is 32.9 Å². The van der Waals surface area contributed by atoms with Crippen molar-refractivity contribution < 1.29 is 4.42 Å². The van der Waals surface area contributed by atoms with E-state index in [1.807, 2.05) is 0 Å². The van der Waals surface area contributed by atoms with Gasteiger partial charge in [-0.05, 0) is 99.1 Å². The zero-order chi connectivity index (χ0) is 38.7. The molecule has 0 unspecified atom stereocenters. The van der Waals surface area contributed by atoms with E-state index in [1.54, 1.807) is 0 Å². The monoisotopic (exact) mass is 744 g/mol. The number of para-hydroxylation sites is 2. The molecule has 58 heavy (non-hydrogen) atoms. The van der Waals surface area contributed by atoms with Crippen LogP contribution in [0.3, 0.4) is 0 Å². The summed E-state index contributed by atoms with van der Waals surface area (Å²) in [6.45, 7) is 4.49. The van der Waals surface area contributed by atoms with E-state index in [2.05, 4.69) is 224 Å². The van der Waals surface area contributed by atoms with Gasteiger partial charge in [0.25, 0.3) is 0 Å². The zero-order valence-corrected chi connectivity index (χ0v) is 32.4. The molecule has 2 aromatic heterocycles. The number of aromatic nitrogens is 1. The lowest BCUT2D eigenvalue weighted by molar-refractivity contribution is 0.669. The van der Waals surface area contributed by atoms with E-state index in [9.17, 15) is 0 Å². The summed E-state index contributed by atoms with van der Waals surface area (Å²) in [7, 11) is 0. The number of furan rings is 1. The van der Waals surface area contributed by atoms with Crippen molar-refractivity contribution in [3.8, 4) is 27.9 Å². The molecule has 0 N–H and O–H groups in total. The van der Waals surface area contributed by atoms with Crippen LogP contribution in [0.2, 0.25) is 0 Å². The molecule has 0 atom stereocenters. The van der Waals surface area contributed by atoms with Crippen molar-refractivity contribution in [2.45, 2.75) is 19.8 Å². The minimum absolute atomic E-state index is 0.463. The summed E-state index contributed by atoms with van der Waals surface area (Å²) >= 11 is 0. The molecule has 0 spiro atoms. The molecule has 276 valence electrons. The Balaban J connectivity index is 1.17. The molecular formula is C55H40N2O. The number of nitrogens with zero attached hydrogens (tertiary/aromatic N) is 2. The maximum Gasteiger partial charge on any atom is 0.159 e. The summed E-state index contributed by atoms with van der Waals surface area (Å²) in [6, 6.07) is 72.4. The van der Waals surface area contributed by atoms with Crippen molar-refractivity contribution in [2.24, 2.45) is 0 Å². The second kappa shape index (κ2) is 13.7. The lowest BCUT2D eigenvalue weighted by Crippen LogP contribution is -2.10. The number of hydrogen-bond acceptors (Lipinski definition) is 2. The number of hydrogen-bond donors (Lipinski definition) is 0. The predicted octanol–water partition coefficient (Wildman–Crippen LogP) is 15.8. The molecule has 0 radical (unpaired) electrons. The summed E-state index contributed by atoms with van der Waals surface area (Å²) in [4.78, 5) is 2.40. The minimum Gasteiger partial charge on any atom is -0.454 e. The number of anilines is 3. The third kappa shape index (κ3) is 5.43. The first-order valence-corrected chi connectivity index (χ1v) is 20.1. The third-order valence-corrected chi connectivity index (χ3v) is 11.8. The van der Waals surface area contributed by atoms with Crippen molar-refractivity contribution >= 4 is 71.6 Å². The van der Waals surface area contributed by atoms with Gasteiger partial charge in [-0.1, -0.05) is 159 Å². The summed E-state index contributed by atoms with van der Waals surface area (Å²) in [5.41, 5.74) is 14.4. The van der Waals surface area contributed by atoms with Crippen LogP contribution in [0.5, 0.6) is 0 Å². The van der Waals surface area contributed by atoms with E-state index < -0.39 is 0 Å². The Hall–Kier alpha value is -7.36. The first-order valence-electron chi connectivity index (χ1n) is 20.1. The van der Waals surface area contributed by atoms with Gasteiger partial charge in [0.1, 0.15) is 5.58 Å². The molecule has 0 aliphatic rings. The van der Waals surface area contributed by atoms with Gasteiger partial charge < -0.3 is 13.9 Å². The molecule has 0 saturated heterocycles. The van der Waals surface area contributed by atoms with Crippen LogP contribution < -0.4 is 4.90 Å². The van der Waals surface area contributed by atoms with E-state index in [0.29, 0.717) is 5.92 Å². The van der Waals surface area contributed by atoms with Crippen LogP contribution in [0.25, 0.3) is 82.5 Å². The largest absolute Gasteiger partial charge is 0.454 e. The van der Waals surface area contributed by atoms with Gasteiger partial charge >= 0.3 is 0 Å². The quantitative estimate of drug-likeness (QED) is 0.162. The molecule has 11 aromatic rings. The third-order valence-electron chi connectivity index (χ3n) is 11.8. The van der Waals surface area contributed by atoms with Crippen molar-refractivity contribution in [2.75, 3.05) is 4.90 Å². The highest BCUT2D eigenvalue weighted by molar-refractivity contribution is 6.22. The first kappa shape index (κ1) is 33.9. The van der Waals surface area contributed by atoms with Gasteiger partial charge in [-0.2, -0.15) is 0 Å². The number of benzene rings is 9. The first-order chi connectivity index (χ1) is 28.6. The lowest BCUT2D eigenvalue weighted by atomic mass is 9.94. The number of fused-ring (bicyclic) bond motifs is 8. The Bertz CT molecular complexity index is 3300. The normalized spacial score (nSPS) is 11.8. The van der Waals surface area contributed by atoms with Gasteiger partial charge in [-0.25, -0.2) is 0 Å². The Morgan fingerprint density at radius 2 is 1.07 bits per heavy atom. The summed E-state index contributed by atoms with van der Waals surface area (Å²) in [5, 5.41) is 7.01. The van der Waals surface area contributed by atoms with Crippen LogP contribution in [0.15, 0.2) is 205 Å². The lowest BCUT2D eigenvalue weighted by Gasteiger charge is -2.27. The Kier molecular flexibility index (Phi) is 8.01. The molecular weight excluding hydrogens is 705 g/mol. The molecule has 3 heteroatoms. The van der Waals surface area contributed by atoms with Crippen molar-refractivity contribution in [3.05, 3.63) is 206 Å². The second-order valence-corrected chi connectivity index (χ2v) is 15.5. The molecule has 11 rings (SSSR count). The van der Waals surface area contributed by atoms with E-state index >= 15 is 0 Å². The van der Waals surface area contributed by atoms with E-state index in [1.165, 1.54) is 49.3 Å². The summed E-state index contributed by atoms with van der Waals surface area (Å²) in [5.74, 6) is 0.463. The molecule has 9 aromatic carbocycles. The molecule has 3 nitrogen and oxygen atoms in total. The van der Waals surface area contributed by atoms with Crippen molar-refractivity contribution in [1.82, 2.24) is 4.57 Å². The molecule has 0 aliphatic heterocycles. The SMILES string of the molecule is CC(C)c1ccc(-n2c3ccccc3c3c(N(c4ccc(-c5ccccc5-c5ccccc5)cc4)c4cccc5c4oc4ccc6ccccc6c45)cccc32)cc1. The Morgan fingerprint density at radius 3 is 1.84 bits per heavy atom. The standard InChI is InChI=1S/C55H40N2O/c1-36(2)37-26-31-41(32-27-37)56-48-22-11-10-20-46(48)54-49(56)23-13-24-50(54)57(42-33-28-40(29-34-42)44-18-9-8-17-43(44)38-14-4-3-5-15-38)51-25-12-21-47-53-45-19-7-6-16-39(45)30-35-52(53)58-55(47)51/h3-36H,1-2H3. The average Bonchev–Trinajstić information content (AvgIpc) is 3.84. The molecule has 0 amide bonds. The van der Waals surface area contributed by atoms with Crippen LogP contribution in [-0.2, 0) is 0 Å². The molecule has 0 bridgehead atoms. The number of rotatable bonds is 7. The average molecular weight is 745 g/mol. The van der Waals surface area contributed by atoms with Crippen molar-refractivity contribution in [1.29, 1.82) is 0 Å². The van der Waals surface area contributed by atoms with Crippen LogP contribution in [0.1, 0.15) is 25.3 Å². The van der Waals surface area contributed by atoms with Crippen LogP contribution >= 0.6 is 0 Å². The molecule has 2 heterocycles. The predicted molar refractivity (Wildman–Crippen MR) is 245 cm³/mol. The molecule has 0 fully saturated rings.